The molecule has 4 atom stereocenters. The van der Waals surface area contributed by atoms with E-state index in [0.29, 0.717) is 6.61 Å². The molecular formula is C16H28O2. The number of carbonyl (C=O) groups excluding carboxylic acids is 1. The molecule has 0 N–H and O–H groups in total. The van der Waals surface area contributed by atoms with Gasteiger partial charge in [0.05, 0.1) is 12.5 Å². The van der Waals surface area contributed by atoms with Crippen molar-refractivity contribution in [3.8, 4) is 0 Å². The molecule has 2 bridgehead atoms. The quantitative estimate of drug-likeness (QED) is 0.693. The van der Waals surface area contributed by atoms with Crippen LogP contribution < -0.4 is 0 Å². The Hall–Kier alpha value is -0.530. The first-order chi connectivity index (χ1) is 8.56. The fourth-order valence-corrected chi connectivity index (χ4v) is 3.78. The standard InChI is InChI=1S/C12H18O2.C4H10/c13-12-10(3-4-14-12)7-11-6-8-1-2-9(11)5-8;1-4(2)3/h8-11H,1-7H2;4H,1-3H3. The second kappa shape index (κ2) is 6.08. The summed E-state index contributed by atoms with van der Waals surface area (Å²) in [6.07, 6.45) is 7.83. The molecular weight excluding hydrogens is 224 g/mol. The van der Waals surface area contributed by atoms with Gasteiger partial charge in [0.25, 0.3) is 0 Å². The van der Waals surface area contributed by atoms with E-state index in [0.717, 1.165) is 36.5 Å². The Morgan fingerprint density at radius 1 is 1.17 bits per heavy atom. The van der Waals surface area contributed by atoms with Crippen LogP contribution in [0.4, 0.5) is 0 Å². The van der Waals surface area contributed by atoms with Crippen LogP contribution in [0, 0.1) is 29.6 Å². The molecule has 1 aliphatic heterocycles. The predicted octanol–water partition coefficient (Wildman–Crippen LogP) is 4.04. The van der Waals surface area contributed by atoms with Crippen molar-refractivity contribution in [2.24, 2.45) is 29.6 Å². The average Bonchev–Trinajstić information content (AvgIpc) is 2.96. The van der Waals surface area contributed by atoms with Gasteiger partial charge in [0.1, 0.15) is 0 Å². The molecule has 0 aromatic rings. The molecule has 18 heavy (non-hydrogen) atoms. The van der Waals surface area contributed by atoms with Crippen molar-refractivity contribution in [1.29, 1.82) is 0 Å². The molecule has 0 radical (unpaired) electrons. The summed E-state index contributed by atoms with van der Waals surface area (Å²) >= 11 is 0. The summed E-state index contributed by atoms with van der Waals surface area (Å²) in [6.45, 7) is 7.17. The van der Waals surface area contributed by atoms with E-state index in [1.807, 2.05) is 0 Å². The third-order valence-electron chi connectivity index (χ3n) is 4.52. The maximum atomic E-state index is 11.3. The van der Waals surface area contributed by atoms with Gasteiger partial charge in [-0.05, 0) is 55.8 Å². The van der Waals surface area contributed by atoms with Gasteiger partial charge < -0.3 is 4.74 Å². The van der Waals surface area contributed by atoms with Crippen molar-refractivity contribution in [2.75, 3.05) is 6.61 Å². The van der Waals surface area contributed by atoms with Gasteiger partial charge in [-0.15, -0.1) is 0 Å². The van der Waals surface area contributed by atoms with Crippen LogP contribution in [0.25, 0.3) is 0 Å². The summed E-state index contributed by atoms with van der Waals surface area (Å²) < 4.78 is 5.02. The van der Waals surface area contributed by atoms with Gasteiger partial charge in [-0.2, -0.15) is 0 Å². The van der Waals surface area contributed by atoms with Gasteiger partial charge in [-0.3, -0.25) is 4.79 Å². The first kappa shape index (κ1) is 13.9. The molecule has 3 fully saturated rings. The number of ether oxygens (including phenoxy) is 1. The minimum absolute atomic E-state index is 0.0766. The Balaban J connectivity index is 0.000000267. The van der Waals surface area contributed by atoms with Crippen molar-refractivity contribution < 1.29 is 9.53 Å². The van der Waals surface area contributed by atoms with Gasteiger partial charge in [0, 0.05) is 0 Å². The van der Waals surface area contributed by atoms with Gasteiger partial charge in [-0.25, -0.2) is 0 Å². The summed E-state index contributed by atoms with van der Waals surface area (Å²) in [6, 6.07) is 0. The number of fused-ring (bicyclic) bond motifs is 2. The molecule has 2 aliphatic carbocycles. The molecule has 2 saturated carbocycles. The lowest BCUT2D eigenvalue weighted by Crippen LogP contribution is -2.18. The summed E-state index contributed by atoms with van der Waals surface area (Å²) in [7, 11) is 0. The molecule has 3 aliphatic rings. The second-order valence-electron chi connectivity index (χ2n) is 7.06. The Bertz CT molecular complexity index is 282. The second-order valence-corrected chi connectivity index (χ2v) is 7.06. The van der Waals surface area contributed by atoms with Crippen molar-refractivity contribution in [1.82, 2.24) is 0 Å². The van der Waals surface area contributed by atoms with Crippen molar-refractivity contribution in [3.05, 3.63) is 0 Å². The first-order valence-electron chi connectivity index (χ1n) is 7.73. The summed E-state index contributed by atoms with van der Waals surface area (Å²) in [5, 5.41) is 0. The van der Waals surface area contributed by atoms with E-state index in [4.69, 9.17) is 4.74 Å². The predicted molar refractivity (Wildman–Crippen MR) is 73.1 cm³/mol. The minimum Gasteiger partial charge on any atom is -0.465 e. The highest BCUT2D eigenvalue weighted by Gasteiger charge is 2.41. The monoisotopic (exact) mass is 252 g/mol. The largest absolute Gasteiger partial charge is 0.465 e. The molecule has 4 unspecified atom stereocenters. The van der Waals surface area contributed by atoms with E-state index in [9.17, 15) is 4.79 Å². The molecule has 0 aromatic heterocycles. The molecule has 2 nitrogen and oxygen atoms in total. The van der Waals surface area contributed by atoms with E-state index in [2.05, 4.69) is 20.8 Å². The van der Waals surface area contributed by atoms with Crippen molar-refractivity contribution >= 4 is 5.97 Å². The number of esters is 1. The zero-order valence-electron chi connectivity index (χ0n) is 12.2. The fraction of sp³-hybridized carbons (Fsp3) is 0.938. The van der Waals surface area contributed by atoms with Crippen LogP contribution in [0.15, 0.2) is 0 Å². The van der Waals surface area contributed by atoms with Crippen LogP contribution >= 0.6 is 0 Å². The number of cyclic esters (lactones) is 1. The fourth-order valence-electron chi connectivity index (χ4n) is 3.78. The molecule has 104 valence electrons. The highest BCUT2D eigenvalue weighted by molar-refractivity contribution is 5.74. The van der Waals surface area contributed by atoms with Crippen LogP contribution in [-0.2, 0) is 9.53 Å². The Kier molecular flexibility index (Phi) is 4.69. The van der Waals surface area contributed by atoms with E-state index < -0.39 is 0 Å². The smallest absolute Gasteiger partial charge is 0.309 e. The lowest BCUT2D eigenvalue weighted by molar-refractivity contribution is -0.141. The summed E-state index contributed by atoms with van der Waals surface area (Å²) in [5.41, 5.74) is 0. The van der Waals surface area contributed by atoms with E-state index in [1.54, 1.807) is 0 Å². The third-order valence-corrected chi connectivity index (χ3v) is 4.52. The molecule has 0 spiro atoms. The summed E-state index contributed by atoms with van der Waals surface area (Å²) in [4.78, 5) is 11.3. The zero-order chi connectivity index (χ0) is 13.1. The number of carbonyl (C=O) groups is 1. The lowest BCUT2D eigenvalue weighted by Gasteiger charge is -2.22. The van der Waals surface area contributed by atoms with Crippen molar-refractivity contribution in [3.63, 3.8) is 0 Å². The Morgan fingerprint density at radius 3 is 2.33 bits per heavy atom. The van der Waals surface area contributed by atoms with Gasteiger partial charge >= 0.3 is 5.97 Å². The van der Waals surface area contributed by atoms with E-state index in [-0.39, 0.29) is 11.9 Å². The minimum atomic E-state index is 0.0766. The maximum absolute atomic E-state index is 11.3. The molecule has 3 rings (SSSR count). The van der Waals surface area contributed by atoms with Crippen LogP contribution in [0.3, 0.4) is 0 Å². The van der Waals surface area contributed by atoms with E-state index >= 15 is 0 Å². The van der Waals surface area contributed by atoms with Crippen LogP contribution in [0.5, 0.6) is 0 Å². The van der Waals surface area contributed by atoms with Crippen LogP contribution in [0.2, 0.25) is 0 Å². The number of rotatable bonds is 2. The molecule has 1 heterocycles. The normalized spacial score (nSPS) is 37.7. The van der Waals surface area contributed by atoms with Gasteiger partial charge in [0.15, 0.2) is 0 Å². The van der Waals surface area contributed by atoms with Crippen molar-refractivity contribution in [2.45, 2.75) is 59.3 Å². The lowest BCUT2D eigenvalue weighted by atomic mass is 9.82. The SMILES string of the molecule is CC(C)C.O=C1OCCC1CC1CC2CCC1C2. The topological polar surface area (TPSA) is 26.3 Å². The molecule has 2 heteroatoms. The van der Waals surface area contributed by atoms with Crippen LogP contribution in [-0.4, -0.2) is 12.6 Å². The van der Waals surface area contributed by atoms with Gasteiger partial charge in [0.2, 0.25) is 0 Å². The average molecular weight is 252 g/mol. The molecule has 1 saturated heterocycles. The highest BCUT2D eigenvalue weighted by Crippen LogP contribution is 2.50. The van der Waals surface area contributed by atoms with E-state index in [1.165, 1.54) is 25.7 Å². The first-order valence-corrected chi connectivity index (χ1v) is 7.73. The molecule has 0 amide bonds. The number of hydrogen-bond donors (Lipinski definition) is 0. The molecule has 0 aromatic carbocycles. The van der Waals surface area contributed by atoms with Crippen LogP contribution in [0.1, 0.15) is 59.3 Å². The third kappa shape index (κ3) is 3.49. The number of hydrogen-bond acceptors (Lipinski definition) is 2. The Labute approximate surface area is 111 Å². The Morgan fingerprint density at radius 2 is 1.89 bits per heavy atom. The summed E-state index contributed by atoms with van der Waals surface area (Å²) in [5.74, 6) is 3.97. The highest BCUT2D eigenvalue weighted by atomic mass is 16.5. The zero-order valence-corrected chi connectivity index (χ0v) is 12.2. The van der Waals surface area contributed by atoms with Gasteiger partial charge in [-0.1, -0.05) is 27.2 Å². The maximum Gasteiger partial charge on any atom is 0.309 e.